The molecule has 1 aliphatic rings. The minimum absolute atomic E-state index is 0.769. The highest BCUT2D eigenvalue weighted by Crippen LogP contribution is 2.22. The topological polar surface area (TPSA) is 19.4 Å². The lowest BCUT2D eigenvalue weighted by molar-refractivity contribution is 0.288. The third-order valence-electron chi connectivity index (χ3n) is 2.57. The van der Waals surface area contributed by atoms with E-state index in [0.29, 0.717) is 0 Å². The first-order valence-electron chi connectivity index (χ1n) is 5.13. The van der Waals surface area contributed by atoms with Gasteiger partial charge in [0.1, 0.15) is 0 Å². The molecule has 0 atom stereocenters. The summed E-state index contributed by atoms with van der Waals surface area (Å²) in [6, 6.07) is 0. The van der Waals surface area contributed by atoms with Crippen LogP contribution in [0.15, 0.2) is 6.20 Å². The van der Waals surface area contributed by atoms with Gasteiger partial charge in [-0.2, -0.15) is 0 Å². The maximum atomic E-state index is 5.29. The summed E-state index contributed by atoms with van der Waals surface area (Å²) < 4.78 is 0. The Kier molecular flexibility index (Phi) is 3.24. The highest BCUT2D eigenvalue weighted by atomic mass is 32.1. The molecule has 1 aliphatic heterocycles. The molecule has 15 heavy (non-hydrogen) atoms. The van der Waals surface area contributed by atoms with E-state index in [-0.39, 0.29) is 0 Å². The fourth-order valence-electron chi connectivity index (χ4n) is 1.72. The van der Waals surface area contributed by atoms with Crippen LogP contribution in [0.4, 0.5) is 5.13 Å². The molecule has 0 amide bonds. The molecule has 3 nitrogen and oxygen atoms in total. The quantitative estimate of drug-likeness (QED) is 0.700. The van der Waals surface area contributed by atoms with Gasteiger partial charge in [-0.05, 0) is 6.92 Å². The van der Waals surface area contributed by atoms with E-state index in [9.17, 15) is 0 Å². The van der Waals surface area contributed by atoms with Gasteiger partial charge in [-0.25, -0.2) is 4.98 Å². The molecule has 0 unspecified atom stereocenters. The second-order valence-corrected chi connectivity index (χ2v) is 4.93. The molecule has 0 aliphatic carbocycles. The van der Waals surface area contributed by atoms with Crippen LogP contribution < -0.4 is 4.90 Å². The Bertz CT molecular complexity index is 358. The Balaban J connectivity index is 1.91. The summed E-state index contributed by atoms with van der Waals surface area (Å²) >= 11 is 1.76. The van der Waals surface area contributed by atoms with E-state index in [0.717, 1.165) is 37.9 Å². The fraction of sp³-hybridized carbons (Fsp3) is 0.545. The highest BCUT2D eigenvalue weighted by Gasteiger charge is 2.17. The normalized spacial score (nSPS) is 17.7. The molecule has 1 fully saturated rings. The van der Waals surface area contributed by atoms with Crippen molar-refractivity contribution >= 4 is 16.5 Å². The summed E-state index contributed by atoms with van der Waals surface area (Å²) in [6.07, 6.45) is 7.23. The number of piperazine rings is 1. The van der Waals surface area contributed by atoms with Crippen molar-refractivity contribution in [1.82, 2.24) is 9.88 Å². The minimum atomic E-state index is 0.769. The number of rotatable bonds is 2. The van der Waals surface area contributed by atoms with Crippen LogP contribution >= 0.6 is 11.3 Å². The van der Waals surface area contributed by atoms with E-state index in [1.165, 1.54) is 4.88 Å². The first-order valence-corrected chi connectivity index (χ1v) is 5.94. The van der Waals surface area contributed by atoms with Crippen molar-refractivity contribution in [3.8, 4) is 12.3 Å². The summed E-state index contributed by atoms with van der Waals surface area (Å²) in [5.41, 5.74) is 0. The van der Waals surface area contributed by atoms with Crippen molar-refractivity contribution in [2.75, 3.05) is 37.6 Å². The van der Waals surface area contributed by atoms with E-state index in [1.54, 1.807) is 11.3 Å². The molecule has 2 rings (SSSR count). The highest BCUT2D eigenvalue weighted by molar-refractivity contribution is 7.15. The van der Waals surface area contributed by atoms with Crippen LogP contribution in [0.25, 0.3) is 0 Å². The zero-order valence-corrected chi connectivity index (χ0v) is 9.76. The number of anilines is 1. The molecule has 4 heteroatoms. The Morgan fingerprint density at radius 3 is 2.73 bits per heavy atom. The van der Waals surface area contributed by atoms with Gasteiger partial charge in [-0.3, -0.25) is 4.90 Å². The van der Waals surface area contributed by atoms with E-state index in [1.807, 2.05) is 6.20 Å². The molecule has 0 bridgehead atoms. The maximum Gasteiger partial charge on any atom is 0.185 e. The second-order valence-electron chi connectivity index (χ2n) is 3.72. The summed E-state index contributed by atoms with van der Waals surface area (Å²) in [5.74, 6) is 2.69. The molecule has 0 N–H and O–H groups in total. The lowest BCUT2D eigenvalue weighted by Gasteiger charge is -2.33. The fourth-order valence-corrected chi connectivity index (χ4v) is 2.53. The molecule has 1 aromatic rings. The number of hydrogen-bond donors (Lipinski definition) is 0. The van der Waals surface area contributed by atoms with E-state index in [2.05, 4.69) is 27.6 Å². The minimum Gasteiger partial charge on any atom is -0.346 e. The predicted molar refractivity (Wildman–Crippen MR) is 64.3 cm³/mol. The number of thiazole rings is 1. The van der Waals surface area contributed by atoms with Gasteiger partial charge in [-0.1, -0.05) is 5.92 Å². The number of aryl methyl sites for hydroxylation is 1. The molecule has 0 aromatic carbocycles. The molecule has 0 radical (unpaired) electrons. The van der Waals surface area contributed by atoms with Gasteiger partial charge in [0.25, 0.3) is 0 Å². The van der Waals surface area contributed by atoms with Crippen molar-refractivity contribution in [1.29, 1.82) is 0 Å². The largest absolute Gasteiger partial charge is 0.346 e. The Morgan fingerprint density at radius 1 is 1.47 bits per heavy atom. The van der Waals surface area contributed by atoms with E-state index >= 15 is 0 Å². The lowest BCUT2D eigenvalue weighted by atomic mass is 10.3. The zero-order valence-electron chi connectivity index (χ0n) is 8.94. The van der Waals surface area contributed by atoms with Crippen LogP contribution in [0.2, 0.25) is 0 Å². The van der Waals surface area contributed by atoms with Crippen LogP contribution in [0.5, 0.6) is 0 Å². The Hall–Kier alpha value is -1.05. The number of aromatic nitrogens is 1. The third-order valence-corrected chi connectivity index (χ3v) is 3.54. The van der Waals surface area contributed by atoms with Gasteiger partial charge < -0.3 is 4.90 Å². The van der Waals surface area contributed by atoms with Crippen molar-refractivity contribution in [2.45, 2.75) is 6.92 Å². The number of terminal acetylenes is 1. The van der Waals surface area contributed by atoms with Crippen LogP contribution in [0, 0.1) is 19.3 Å². The van der Waals surface area contributed by atoms with Gasteiger partial charge in [0.05, 0.1) is 6.54 Å². The smallest absolute Gasteiger partial charge is 0.185 e. The van der Waals surface area contributed by atoms with Gasteiger partial charge in [0.2, 0.25) is 0 Å². The SMILES string of the molecule is C#CCN1CCN(c2ncc(C)s2)CC1. The number of nitrogens with zero attached hydrogens (tertiary/aromatic N) is 3. The zero-order chi connectivity index (χ0) is 10.7. The molecule has 0 saturated carbocycles. The summed E-state index contributed by atoms with van der Waals surface area (Å²) in [7, 11) is 0. The summed E-state index contributed by atoms with van der Waals surface area (Å²) in [6.45, 7) is 7.02. The van der Waals surface area contributed by atoms with Crippen LogP contribution in [0.3, 0.4) is 0 Å². The maximum absolute atomic E-state index is 5.29. The predicted octanol–water partition coefficient (Wildman–Crippen LogP) is 1.21. The van der Waals surface area contributed by atoms with Crippen molar-refractivity contribution in [3.05, 3.63) is 11.1 Å². The van der Waals surface area contributed by atoms with Gasteiger partial charge in [0.15, 0.2) is 5.13 Å². The first-order chi connectivity index (χ1) is 7.29. The second kappa shape index (κ2) is 4.65. The first kappa shape index (κ1) is 10.5. The van der Waals surface area contributed by atoms with Crippen LogP contribution in [-0.4, -0.2) is 42.6 Å². The molecule has 80 valence electrons. The monoisotopic (exact) mass is 221 g/mol. The van der Waals surface area contributed by atoms with Crippen molar-refractivity contribution in [3.63, 3.8) is 0 Å². The summed E-state index contributed by atoms with van der Waals surface area (Å²) in [5, 5.41) is 1.15. The average molecular weight is 221 g/mol. The van der Waals surface area contributed by atoms with Crippen LogP contribution in [0.1, 0.15) is 4.88 Å². The van der Waals surface area contributed by atoms with Gasteiger partial charge >= 0.3 is 0 Å². The lowest BCUT2D eigenvalue weighted by Crippen LogP contribution is -2.46. The van der Waals surface area contributed by atoms with Gasteiger partial charge in [0, 0.05) is 37.3 Å². The molecular weight excluding hydrogens is 206 g/mol. The average Bonchev–Trinajstić information content (AvgIpc) is 2.67. The summed E-state index contributed by atoms with van der Waals surface area (Å²) in [4.78, 5) is 10.3. The molecule has 1 aromatic heterocycles. The molecule has 2 heterocycles. The van der Waals surface area contributed by atoms with Crippen molar-refractivity contribution in [2.24, 2.45) is 0 Å². The van der Waals surface area contributed by atoms with Gasteiger partial charge in [-0.15, -0.1) is 17.8 Å². The Morgan fingerprint density at radius 2 is 2.20 bits per heavy atom. The molecule has 1 saturated heterocycles. The molecular formula is C11H15N3S. The van der Waals surface area contributed by atoms with Crippen LogP contribution in [-0.2, 0) is 0 Å². The molecule has 0 spiro atoms. The standard InChI is InChI=1S/C11H15N3S/c1-3-4-13-5-7-14(8-6-13)11-12-9-10(2)15-11/h1,9H,4-8H2,2H3. The number of hydrogen-bond acceptors (Lipinski definition) is 4. The van der Waals surface area contributed by atoms with Crippen molar-refractivity contribution < 1.29 is 0 Å². The third kappa shape index (κ3) is 2.49. The van der Waals surface area contributed by atoms with E-state index in [4.69, 9.17) is 6.42 Å². The van der Waals surface area contributed by atoms with E-state index < -0.39 is 0 Å². The Labute approximate surface area is 94.7 Å².